The molecular weight excluding hydrogens is 817 g/mol. The van der Waals surface area contributed by atoms with Crippen molar-refractivity contribution < 1.29 is 0 Å². The molecule has 13 rings (SSSR count). The Bertz CT molecular complexity index is 3760. The average Bonchev–Trinajstić information content (AvgIpc) is 3.98. The Hall–Kier alpha value is -8.61. The monoisotopic (exact) mass is 860 g/mol. The van der Waals surface area contributed by atoms with Crippen molar-refractivity contribution in [3.8, 4) is 51.2 Å². The maximum absolute atomic E-state index is 5.38. The second-order valence-corrected chi connectivity index (χ2v) is 18.0. The molecule has 4 aromatic heterocycles. The van der Waals surface area contributed by atoms with E-state index in [2.05, 4.69) is 199 Å². The predicted octanol–water partition coefficient (Wildman–Crippen LogP) is 15.4. The van der Waals surface area contributed by atoms with E-state index in [4.69, 9.17) is 15.0 Å². The zero-order valence-corrected chi connectivity index (χ0v) is 37.7. The minimum atomic E-state index is 0.587. The van der Waals surface area contributed by atoms with Crippen LogP contribution in [0.25, 0.3) is 117 Å². The van der Waals surface area contributed by atoms with Gasteiger partial charge in [-0.05, 0) is 100 Å². The van der Waals surface area contributed by atoms with E-state index in [1.54, 1.807) is 0 Å². The molecule has 6 nitrogen and oxygen atoms in total. The van der Waals surface area contributed by atoms with E-state index in [0.29, 0.717) is 17.5 Å². The van der Waals surface area contributed by atoms with E-state index >= 15 is 0 Å². The van der Waals surface area contributed by atoms with Crippen molar-refractivity contribution in [1.29, 1.82) is 0 Å². The summed E-state index contributed by atoms with van der Waals surface area (Å²) in [5, 5.41) is 7.22. The lowest BCUT2D eigenvalue weighted by Crippen LogP contribution is -2.10. The Balaban J connectivity index is 1.27. The van der Waals surface area contributed by atoms with Gasteiger partial charge >= 0.3 is 0 Å². The third kappa shape index (κ3) is 6.14. The minimum Gasteiger partial charge on any atom is -0.307 e. The standard InChI is InChI=1S/C61H44N6/c1-37-23-27-52-46(31-37)47-32-38(2)24-28-53(47)65(52)56-35-43(61-63-59(41-15-7-5-8-16-41)62-60(64-61)42-17-9-6-10-18-42)36-57(58(56)67-50-21-13-11-19-44(50)45-20-12-14-22-51(45)67)66-54-29-25-39(3)33-48(54)49-34-40(4)26-30-55(49)66/h5-36H,1-4H3. The van der Waals surface area contributed by atoms with E-state index in [0.717, 1.165) is 66.9 Å². The summed E-state index contributed by atoms with van der Waals surface area (Å²) < 4.78 is 7.46. The molecule has 0 N–H and O–H groups in total. The summed E-state index contributed by atoms with van der Waals surface area (Å²) in [6.45, 7) is 8.73. The Labute approximate surface area is 387 Å². The highest BCUT2D eigenvalue weighted by Gasteiger charge is 2.27. The van der Waals surface area contributed by atoms with Gasteiger partial charge in [0.1, 0.15) is 0 Å². The van der Waals surface area contributed by atoms with Crippen LogP contribution < -0.4 is 0 Å². The van der Waals surface area contributed by atoms with Crippen molar-refractivity contribution in [2.45, 2.75) is 27.7 Å². The van der Waals surface area contributed by atoms with Crippen LogP contribution in [0, 0.1) is 27.7 Å². The molecule has 0 unspecified atom stereocenters. The van der Waals surface area contributed by atoms with Gasteiger partial charge in [-0.1, -0.05) is 144 Å². The zero-order valence-electron chi connectivity index (χ0n) is 37.7. The smallest absolute Gasteiger partial charge is 0.164 e. The molecule has 13 aromatic rings. The van der Waals surface area contributed by atoms with Gasteiger partial charge in [-0.25, -0.2) is 15.0 Å². The van der Waals surface area contributed by atoms with Crippen molar-refractivity contribution in [2.24, 2.45) is 0 Å². The number of hydrogen-bond acceptors (Lipinski definition) is 3. The highest BCUT2D eigenvalue weighted by molar-refractivity contribution is 6.14. The van der Waals surface area contributed by atoms with Crippen LogP contribution in [0.5, 0.6) is 0 Å². The maximum Gasteiger partial charge on any atom is 0.164 e. The van der Waals surface area contributed by atoms with Crippen molar-refractivity contribution in [2.75, 3.05) is 0 Å². The summed E-state index contributed by atoms with van der Waals surface area (Å²) in [6.07, 6.45) is 0. The van der Waals surface area contributed by atoms with Gasteiger partial charge in [0.15, 0.2) is 17.5 Å². The lowest BCUT2D eigenvalue weighted by Gasteiger charge is -2.23. The molecule has 67 heavy (non-hydrogen) atoms. The molecule has 0 radical (unpaired) electrons. The third-order valence-corrected chi connectivity index (χ3v) is 13.5. The second kappa shape index (κ2) is 15.0. The van der Waals surface area contributed by atoms with Gasteiger partial charge in [0, 0.05) is 49.0 Å². The summed E-state index contributed by atoms with van der Waals surface area (Å²) >= 11 is 0. The van der Waals surface area contributed by atoms with Crippen LogP contribution in [0.4, 0.5) is 0 Å². The summed E-state index contributed by atoms with van der Waals surface area (Å²) in [5.74, 6) is 1.82. The van der Waals surface area contributed by atoms with Crippen LogP contribution in [0.1, 0.15) is 22.3 Å². The van der Waals surface area contributed by atoms with Crippen LogP contribution in [-0.2, 0) is 0 Å². The number of aryl methyl sites for hydroxylation is 4. The maximum atomic E-state index is 5.38. The molecule has 0 fully saturated rings. The van der Waals surface area contributed by atoms with E-state index in [1.165, 1.54) is 54.6 Å². The van der Waals surface area contributed by atoms with Crippen LogP contribution in [-0.4, -0.2) is 28.7 Å². The van der Waals surface area contributed by atoms with Gasteiger partial charge in [-0.2, -0.15) is 0 Å². The summed E-state index contributed by atoms with van der Waals surface area (Å²) in [4.78, 5) is 15.9. The van der Waals surface area contributed by atoms with Crippen molar-refractivity contribution in [3.63, 3.8) is 0 Å². The van der Waals surface area contributed by atoms with Crippen LogP contribution in [0.3, 0.4) is 0 Å². The first-order valence-corrected chi connectivity index (χ1v) is 22.9. The lowest BCUT2D eigenvalue weighted by molar-refractivity contribution is 1.04. The topological polar surface area (TPSA) is 53.5 Å². The molecule has 6 heteroatoms. The van der Waals surface area contributed by atoms with Gasteiger partial charge in [0.25, 0.3) is 0 Å². The van der Waals surface area contributed by atoms with Crippen molar-refractivity contribution >= 4 is 65.4 Å². The second-order valence-electron chi connectivity index (χ2n) is 18.0. The summed E-state index contributed by atoms with van der Waals surface area (Å²) in [6, 6.07) is 70.2. The molecule has 318 valence electrons. The molecule has 0 atom stereocenters. The quantitative estimate of drug-likeness (QED) is 0.167. The van der Waals surface area contributed by atoms with Crippen LogP contribution in [0.2, 0.25) is 0 Å². The van der Waals surface area contributed by atoms with Gasteiger partial charge < -0.3 is 13.7 Å². The van der Waals surface area contributed by atoms with Crippen LogP contribution in [0.15, 0.2) is 194 Å². The first-order valence-electron chi connectivity index (χ1n) is 22.9. The fraction of sp³-hybridized carbons (Fsp3) is 0.0656. The van der Waals surface area contributed by atoms with Crippen molar-refractivity contribution in [1.82, 2.24) is 28.7 Å². The average molecular weight is 861 g/mol. The minimum absolute atomic E-state index is 0.587. The third-order valence-electron chi connectivity index (χ3n) is 13.5. The zero-order chi connectivity index (χ0) is 44.9. The number of nitrogens with zero attached hydrogens (tertiary/aromatic N) is 6. The fourth-order valence-electron chi connectivity index (χ4n) is 10.4. The normalized spacial score (nSPS) is 11.9. The van der Waals surface area contributed by atoms with Gasteiger partial charge in [0.05, 0.1) is 50.2 Å². The molecule has 0 aliphatic rings. The molecule has 0 spiro atoms. The number of para-hydroxylation sites is 2. The number of aromatic nitrogens is 6. The van der Waals surface area contributed by atoms with Gasteiger partial charge in [0.2, 0.25) is 0 Å². The Morgan fingerprint density at radius 1 is 0.269 bits per heavy atom. The number of hydrogen-bond donors (Lipinski definition) is 0. The molecular formula is C61H44N6. The Kier molecular flexibility index (Phi) is 8.68. The molecule has 0 amide bonds. The Morgan fingerprint density at radius 2 is 0.582 bits per heavy atom. The molecule has 4 heterocycles. The first-order chi connectivity index (χ1) is 32.9. The van der Waals surface area contributed by atoms with Crippen LogP contribution >= 0.6 is 0 Å². The Morgan fingerprint density at radius 3 is 0.955 bits per heavy atom. The predicted molar refractivity (Wildman–Crippen MR) is 278 cm³/mol. The number of fused-ring (bicyclic) bond motifs is 9. The molecule has 0 saturated heterocycles. The van der Waals surface area contributed by atoms with E-state index < -0.39 is 0 Å². The molecule has 0 aliphatic carbocycles. The fourth-order valence-corrected chi connectivity index (χ4v) is 10.4. The number of benzene rings is 9. The number of rotatable bonds is 6. The van der Waals surface area contributed by atoms with E-state index in [9.17, 15) is 0 Å². The largest absolute Gasteiger partial charge is 0.307 e. The SMILES string of the molecule is Cc1ccc2c(c1)c1cc(C)ccc1n2-c1cc(-c2nc(-c3ccccc3)nc(-c3ccccc3)n2)cc(-n2c3ccc(C)cc3c3cc(C)ccc32)c1-n1c2ccccc2c2ccccc21. The molecule has 0 bridgehead atoms. The highest BCUT2D eigenvalue weighted by atomic mass is 15.1. The molecule has 0 aliphatic heterocycles. The van der Waals surface area contributed by atoms with Gasteiger partial charge in [-0.15, -0.1) is 0 Å². The van der Waals surface area contributed by atoms with Crippen molar-refractivity contribution in [3.05, 3.63) is 216 Å². The summed E-state index contributed by atoms with van der Waals surface area (Å²) in [7, 11) is 0. The summed E-state index contributed by atoms with van der Waals surface area (Å²) in [5.41, 5.74) is 17.4. The molecule has 9 aromatic carbocycles. The highest BCUT2D eigenvalue weighted by Crippen LogP contribution is 2.45. The first kappa shape index (κ1) is 38.8. The molecule has 0 saturated carbocycles. The van der Waals surface area contributed by atoms with Gasteiger partial charge in [-0.3, -0.25) is 0 Å². The van der Waals surface area contributed by atoms with E-state index in [-0.39, 0.29) is 0 Å². The van der Waals surface area contributed by atoms with E-state index in [1.807, 2.05) is 36.4 Å². The lowest BCUT2D eigenvalue weighted by atomic mass is 10.1.